The lowest BCUT2D eigenvalue weighted by Gasteiger charge is -2.29. The minimum absolute atomic E-state index is 0.797. The fourth-order valence-electron chi connectivity index (χ4n) is 3.07. The standard InChI is InChI=1S/C17H16BrClN4/c18-14-10-21-23-11-13(9-20-17(14)23)12-4-5-16(15(19)8-12)22-6-2-1-3-7-22/h4-5,8-11H,1-3,6-7H2. The second-order valence-corrected chi connectivity index (χ2v) is 7.08. The SMILES string of the molecule is Clc1cc(-c2cnc3c(Br)cnn3c2)ccc1N1CCCCC1. The first kappa shape index (κ1) is 15.0. The van der Waals surface area contributed by atoms with Crippen LogP contribution in [0.3, 0.4) is 0 Å². The number of anilines is 1. The van der Waals surface area contributed by atoms with E-state index in [0.717, 1.165) is 45.0 Å². The van der Waals surface area contributed by atoms with E-state index in [1.54, 1.807) is 10.7 Å². The smallest absolute Gasteiger partial charge is 0.169 e. The third kappa shape index (κ3) is 2.83. The minimum Gasteiger partial charge on any atom is -0.370 e. The Morgan fingerprint density at radius 1 is 1.04 bits per heavy atom. The van der Waals surface area contributed by atoms with Gasteiger partial charge in [0.05, 0.1) is 21.4 Å². The molecule has 4 nitrogen and oxygen atoms in total. The van der Waals surface area contributed by atoms with Crippen LogP contribution >= 0.6 is 27.5 Å². The third-order valence-corrected chi connectivity index (χ3v) is 5.15. The van der Waals surface area contributed by atoms with Gasteiger partial charge in [0.1, 0.15) is 0 Å². The van der Waals surface area contributed by atoms with Crippen molar-refractivity contribution in [2.75, 3.05) is 18.0 Å². The van der Waals surface area contributed by atoms with Crippen molar-refractivity contribution in [3.05, 3.63) is 46.3 Å². The van der Waals surface area contributed by atoms with Gasteiger partial charge in [-0.3, -0.25) is 0 Å². The van der Waals surface area contributed by atoms with E-state index in [1.165, 1.54) is 19.3 Å². The highest BCUT2D eigenvalue weighted by molar-refractivity contribution is 9.10. The zero-order chi connectivity index (χ0) is 15.8. The van der Waals surface area contributed by atoms with Crippen LogP contribution in [0, 0.1) is 0 Å². The normalized spacial score (nSPS) is 15.3. The molecule has 1 aliphatic heterocycles. The van der Waals surface area contributed by atoms with Gasteiger partial charge in [-0.15, -0.1) is 0 Å². The molecule has 0 amide bonds. The highest BCUT2D eigenvalue weighted by Crippen LogP contribution is 2.32. The molecule has 6 heteroatoms. The summed E-state index contributed by atoms with van der Waals surface area (Å²) < 4.78 is 2.66. The van der Waals surface area contributed by atoms with Crippen LogP contribution in [0.1, 0.15) is 19.3 Å². The lowest BCUT2D eigenvalue weighted by atomic mass is 10.1. The van der Waals surface area contributed by atoms with Crippen molar-refractivity contribution in [3.8, 4) is 11.1 Å². The van der Waals surface area contributed by atoms with Crippen molar-refractivity contribution in [1.82, 2.24) is 14.6 Å². The molecule has 3 heterocycles. The van der Waals surface area contributed by atoms with Crippen LogP contribution in [0.4, 0.5) is 5.69 Å². The first-order valence-corrected chi connectivity index (χ1v) is 8.93. The molecule has 1 aliphatic rings. The molecule has 1 saturated heterocycles. The van der Waals surface area contributed by atoms with E-state index >= 15 is 0 Å². The van der Waals surface area contributed by atoms with Gasteiger partial charge in [-0.1, -0.05) is 17.7 Å². The molecular formula is C17H16BrClN4. The summed E-state index contributed by atoms with van der Waals surface area (Å²) in [5.41, 5.74) is 3.99. The Bertz CT molecular complexity index is 855. The summed E-state index contributed by atoms with van der Waals surface area (Å²) in [7, 11) is 0. The number of nitrogens with zero attached hydrogens (tertiary/aromatic N) is 4. The van der Waals surface area contributed by atoms with Crippen molar-refractivity contribution in [3.63, 3.8) is 0 Å². The van der Waals surface area contributed by atoms with Gasteiger partial charge < -0.3 is 4.90 Å². The zero-order valence-electron chi connectivity index (χ0n) is 12.5. The minimum atomic E-state index is 0.797. The largest absolute Gasteiger partial charge is 0.370 e. The van der Waals surface area contributed by atoms with Gasteiger partial charge >= 0.3 is 0 Å². The predicted molar refractivity (Wildman–Crippen MR) is 97.2 cm³/mol. The van der Waals surface area contributed by atoms with Gasteiger partial charge in [-0.05, 0) is 52.9 Å². The second kappa shape index (κ2) is 6.13. The van der Waals surface area contributed by atoms with Crippen molar-refractivity contribution >= 4 is 38.9 Å². The van der Waals surface area contributed by atoms with Gasteiger partial charge in [0, 0.05) is 31.0 Å². The molecule has 0 saturated carbocycles. The molecule has 0 bridgehead atoms. The molecule has 0 aliphatic carbocycles. The lowest BCUT2D eigenvalue weighted by Crippen LogP contribution is -2.29. The van der Waals surface area contributed by atoms with Crippen molar-refractivity contribution in [2.24, 2.45) is 0 Å². The molecule has 23 heavy (non-hydrogen) atoms. The molecule has 0 atom stereocenters. The van der Waals surface area contributed by atoms with Crippen LogP contribution in [0.15, 0.2) is 41.3 Å². The van der Waals surface area contributed by atoms with E-state index in [2.05, 4.69) is 43.0 Å². The Balaban J connectivity index is 1.69. The Kier molecular flexibility index (Phi) is 3.99. The number of piperidine rings is 1. The third-order valence-electron chi connectivity index (χ3n) is 4.29. The van der Waals surface area contributed by atoms with Crippen LogP contribution < -0.4 is 4.90 Å². The molecule has 1 fully saturated rings. The van der Waals surface area contributed by atoms with Gasteiger partial charge in [-0.2, -0.15) is 5.10 Å². The van der Waals surface area contributed by atoms with Gasteiger partial charge in [0.15, 0.2) is 5.65 Å². The van der Waals surface area contributed by atoms with Crippen LogP contribution in [0.25, 0.3) is 16.8 Å². The topological polar surface area (TPSA) is 33.4 Å². The molecule has 0 unspecified atom stereocenters. The van der Waals surface area contributed by atoms with Crippen molar-refractivity contribution < 1.29 is 0 Å². The molecule has 0 spiro atoms. The summed E-state index contributed by atoms with van der Waals surface area (Å²) in [6.45, 7) is 2.18. The predicted octanol–water partition coefficient (Wildman–Crippen LogP) is 4.80. The van der Waals surface area contributed by atoms with E-state index in [4.69, 9.17) is 11.6 Å². The highest BCUT2D eigenvalue weighted by atomic mass is 79.9. The Morgan fingerprint density at radius 2 is 1.87 bits per heavy atom. The van der Waals surface area contributed by atoms with Crippen LogP contribution in [-0.4, -0.2) is 27.7 Å². The first-order valence-electron chi connectivity index (χ1n) is 7.76. The maximum atomic E-state index is 6.54. The number of benzene rings is 1. The molecule has 0 N–H and O–H groups in total. The number of fused-ring (bicyclic) bond motifs is 1. The van der Waals surface area contributed by atoms with Gasteiger partial charge in [-0.25, -0.2) is 9.50 Å². The Hall–Kier alpha value is -1.59. The summed E-state index contributed by atoms with van der Waals surface area (Å²) in [4.78, 5) is 6.84. The second-order valence-electron chi connectivity index (χ2n) is 5.82. The summed E-state index contributed by atoms with van der Waals surface area (Å²) in [6, 6.07) is 6.25. The molecule has 118 valence electrons. The summed E-state index contributed by atoms with van der Waals surface area (Å²) in [6.07, 6.45) is 9.38. The average Bonchev–Trinajstić information content (AvgIpc) is 2.96. The van der Waals surface area contributed by atoms with Gasteiger partial charge in [0.2, 0.25) is 0 Å². The van der Waals surface area contributed by atoms with Gasteiger partial charge in [0.25, 0.3) is 0 Å². The maximum Gasteiger partial charge on any atom is 0.169 e. The molecule has 2 aromatic heterocycles. The fraction of sp³-hybridized carbons (Fsp3) is 0.294. The summed E-state index contributed by atoms with van der Waals surface area (Å²) in [5.74, 6) is 0. The number of hydrogen-bond acceptors (Lipinski definition) is 3. The van der Waals surface area contributed by atoms with Crippen molar-refractivity contribution in [2.45, 2.75) is 19.3 Å². The molecular weight excluding hydrogens is 376 g/mol. The van der Waals surface area contributed by atoms with Crippen LogP contribution in [0.2, 0.25) is 5.02 Å². The molecule has 1 aromatic carbocycles. The first-order chi connectivity index (χ1) is 11.2. The average molecular weight is 392 g/mol. The highest BCUT2D eigenvalue weighted by Gasteiger charge is 2.14. The molecule has 4 rings (SSSR count). The molecule has 3 aromatic rings. The molecule has 0 radical (unpaired) electrons. The number of aromatic nitrogens is 3. The maximum absolute atomic E-state index is 6.54. The number of rotatable bonds is 2. The summed E-state index contributed by atoms with van der Waals surface area (Å²) >= 11 is 9.98. The number of halogens is 2. The lowest BCUT2D eigenvalue weighted by molar-refractivity contribution is 0.578. The fourth-order valence-corrected chi connectivity index (χ4v) is 3.75. The van der Waals surface area contributed by atoms with E-state index in [1.807, 2.05) is 18.5 Å². The quantitative estimate of drug-likeness (QED) is 0.629. The van der Waals surface area contributed by atoms with E-state index in [0.29, 0.717) is 0 Å². The summed E-state index contributed by atoms with van der Waals surface area (Å²) in [5, 5.41) is 5.08. The zero-order valence-corrected chi connectivity index (χ0v) is 14.9. The van der Waals surface area contributed by atoms with E-state index < -0.39 is 0 Å². The Labute approximate surface area is 148 Å². The van der Waals surface area contributed by atoms with E-state index in [-0.39, 0.29) is 0 Å². The number of hydrogen-bond donors (Lipinski definition) is 0. The van der Waals surface area contributed by atoms with E-state index in [9.17, 15) is 0 Å². The van der Waals surface area contributed by atoms with Crippen LogP contribution in [-0.2, 0) is 0 Å². The Morgan fingerprint density at radius 3 is 2.65 bits per heavy atom. The monoisotopic (exact) mass is 390 g/mol. The van der Waals surface area contributed by atoms with Crippen molar-refractivity contribution in [1.29, 1.82) is 0 Å². The van der Waals surface area contributed by atoms with Crippen LogP contribution in [0.5, 0.6) is 0 Å².